The third-order valence-corrected chi connectivity index (χ3v) is 3.14. The first kappa shape index (κ1) is 15.6. The van der Waals surface area contributed by atoms with Gasteiger partial charge in [-0.3, -0.25) is 0 Å². The summed E-state index contributed by atoms with van der Waals surface area (Å²) in [6.45, 7) is 0. The van der Waals surface area contributed by atoms with Crippen LogP contribution in [-0.4, -0.2) is 11.2 Å². The van der Waals surface area contributed by atoms with Crippen molar-refractivity contribution in [3.05, 3.63) is 40.4 Å². The van der Waals surface area contributed by atoms with Crippen molar-refractivity contribution >= 4 is 22.0 Å². The molecule has 0 fully saturated rings. The summed E-state index contributed by atoms with van der Waals surface area (Å²) >= 11 is 3.36. The number of halogens is 1. The van der Waals surface area contributed by atoms with E-state index in [0.717, 1.165) is 31.2 Å². The van der Waals surface area contributed by atoms with Crippen LogP contribution in [0.5, 0.6) is 0 Å². The monoisotopic (exact) mass is 316 g/mol. The second-order valence-corrected chi connectivity index (χ2v) is 4.99. The average molecular weight is 317 g/mol. The summed E-state index contributed by atoms with van der Waals surface area (Å²) in [5, 5.41) is 9.86. The molecule has 0 spiro atoms. The molecule has 1 aromatic rings. The van der Waals surface area contributed by atoms with Crippen molar-refractivity contribution < 1.29 is 5.11 Å². The molecule has 1 aromatic carbocycles. The molecular formula is C17H17BrO. The zero-order valence-electron chi connectivity index (χ0n) is 10.8. The topological polar surface area (TPSA) is 20.2 Å². The van der Waals surface area contributed by atoms with Crippen molar-refractivity contribution in [2.24, 2.45) is 0 Å². The molecule has 0 saturated heterocycles. The van der Waals surface area contributed by atoms with E-state index in [1.54, 1.807) is 0 Å². The Morgan fingerprint density at radius 1 is 1.26 bits per heavy atom. The minimum atomic E-state index is -0.771. The van der Waals surface area contributed by atoms with Gasteiger partial charge in [0.15, 0.2) is 0 Å². The maximum atomic E-state index is 9.86. The van der Waals surface area contributed by atoms with Crippen molar-refractivity contribution in [2.75, 3.05) is 0 Å². The summed E-state index contributed by atoms with van der Waals surface area (Å²) in [5.74, 6) is 8.39. The first-order chi connectivity index (χ1) is 9.24. The Bertz CT molecular complexity index is 500. The maximum absolute atomic E-state index is 9.86. The SMILES string of the molecule is C#CCCCCC#CC(O)/C(Br)=C/c1ccccc1. The predicted octanol–water partition coefficient (Wildman–Crippen LogP) is 3.98. The van der Waals surface area contributed by atoms with Crippen LogP contribution in [0, 0.1) is 24.2 Å². The van der Waals surface area contributed by atoms with E-state index < -0.39 is 6.10 Å². The van der Waals surface area contributed by atoms with E-state index in [2.05, 4.69) is 33.7 Å². The molecule has 1 unspecified atom stereocenters. The summed E-state index contributed by atoms with van der Waals surface area (Å²) in [7, 11) is 0. The lowest BCUT2D eigenvalue weighted by atomic mass is 10.1. The fourth-order valence-electron chi connectivity index (χ4n) is 1.47. The third-order valence-electron chi connectivity index (χ3n) is 2.48. The Morgan fingerprint density at radius 3 is 2.63 bits per heavy atom. The second-order valence-electron chi connectivity index (χ2n) is 4.07. The van der Waals surface area contributed by atoms with E-state index in [9.17, 15) is 5.11 Å². The normalized spacial score (nSPS) is 12.2. The summed E-state index contributed by atoms with van der Waals surface area (Å²) in [4.78, 5) is 0. The molecule has 98 valence electrons. The smallest absolute Gasteiger partial charge is 0.146 e. The number of aliphatic hydroxyl groups is 1. The molecule has 0 bridgehead atoms. The Balaban J connectivity index is 2.45. The molecule has 0 radical (unpaired) electrons. The summed E-state index contributed by atoms with van der Waals surface area (Å²) in [6.07, 6.45) is 9.79. The Kier molecular flexibility index (Phi) is 7.75. The van der Waals surface area contributed by atoms with E-state index in [-0.39, 0.29) is 0 Å². The first-order valence-electron chi connectivity index (χ1n) is 6.26. The van der Waals surface area contributed by atoms with Crippen LogP contribution in [0.4, 0.5) is 0 Å². The maximum Gasteiger partial charge on any atom is 0.146 e. The van der Waals surface area contributed by atoms with Crippen LogP contribution in [0.25, 0.3) is 6.08 Å². The number of terminal acetylenes is 1. The molecule has 1 atom stereocenters. The lowest BCUT2D eigenvalue weighted by Crippen LogP contribution is -2.01. The van der Waals surface area contributed by atoms with Gasteiger partial charge in [-0.05, 0) is 24.5 Å². The predicted molar refractivity (Wildman–Crippen MR) is 84.4 cm³/mol. The highest BCUT2D eigenvalue weighted by atomic mass is 79.9. The van der Waals surface area contributed by atoms with Gasteiger partial charge in [0.2, 0.25) is 0 Å². The van der Waals surface area contributed by atoms with Crippen LogP contribution in [-0.2, 0) is 0 Å². The van der Waals surface area contributed by atoms with Gasteiger partial charge in [0, 0.05) is 17.3 Å². The van der Waals surface area contributed by atoms with Crippen molar-refractivity contribution in [3.63, 3.8) is 0 Å². The van der Waals surface area contributed by atoms with Crippen LogP contribution in [0.1, 0.15) is 31.2 Å². The molecule has 0 amide bonds. The van der Waals surface area contributed by atoms with Gasteiger partial charge in [0.25, 0.3) is 0 Å². The van der Waals surface area contributed by atoms with Crippen molar-refractivity contribution in [1.29, 1.82) is 0 Å². The number of hydrogen-bond donors (Lipinski definition) is 1. The third kappa shape index (κ3) is 6.87. The molecule has 2 heteroatoms. The Labute approximate surface area is 123 Å². The number of aliphatic hydroxyl groups excluding tert-OH is 1. The molecule has 0 aliphatic carbocycles. The Hall–Kier alpha value is -1.48. The zero-order chi connectivity index (χ0) is 13.9. The van der Waals surface area contributed by atoms with Crippen molar-refractivity contribution in [2.45, 2.75) is 31.8 Å². The molecule has 0 aromatic heterocycles. The second kappa shape index (κ2) is 9.45. The minimum Gasteiger partial charge on any atom is -0.376 e. The number of benzene rings is 1. The van der Waals surface area contributed by atoms with Gasteiger partial charge >= 0.3 is 0 Å². The molecule has 0 aliphatic rings. The van der Waals surface area contributed by atoms with E-state index in [1.807, 2.05) is 36.4 Å². The molecule has 0 saturated carbocycles. The van der Waals surface area contributed by atoms with E-state index in [1.165, 1.54) is 0 Å². The van der Waals surface area contributed by atoms with Gasteiger partial charge in [-0.2, -0.15) is 0 Å². The minimum absolute atomic E-state index is 0.676. The largest absolute Gasteiger partial charge is 0.376 e. The summed E-state index contributed by atoms with van der Waals surface area (Å²) < 4.78 is 0.676. The molecule has 19 heavy (non-hydrogen) atoms. The molecular weight excluding hydrogens is 300 g/mol. The summed E-state index contributed by atoms with van der Waals surface area (Å²) in [5.41, 5.74) is 1.03. The van der Waals surface area contributed by atoms with E-state index in [0.29, 0.717) is 4.48 Å². The average Bonchev–Trinajstić information content (AvgIpc) is 2.43. The molecule has 1 rings (SSSR count). The molecule has 0 heterocycles. The summed E-state index contributed by atoms with van der Waals surface area (Å²) in [6, 6.07) is 9.81. The van der Waals surface area contributed by atoms with Gasteiger partial charge in [-0.1, -0.05) is 52.2 Å². The van der Waals surface area contributed by atoms with Gasteiger partial charge in [0.1, 0.15) is 6.10 Å². The fraction of sp³-hybridized carbons (Fsp3) is 0.294. The lowest BCUT2D eigenvalue weighted by molar-refractivity contribution is 0.278. The molecule has 1 N–H and O–H groups in total. The zero-order valence-corrected chi connectivity index (χ0v) is 12.4. The van der Waals surface area contributed by atoms with Crippen molar-refractivity contribution in [1.82, 2.24) is 0 Å². The number of unbranched alkanes of at least 4 members (excludes halogenated alkanes) is 3. The molecule has 1 nitrogen and oxygen atoms in total. The van der Waals surface area contributed by atoms with Crippen molar-refractivity contribution in [3.8, 4) is 24.2 Å². The van der Waals surface area contributed by atoms with Gasteiger partial charge in [-0.15, -0.1) is 18.3 Å². The van der Waals surface area contributed by atoms with Crippen LogP contribution in [0.2, 0.25) is 0 Å². The lowest BCUT2D eigenvalue weighted by Gasteiger charge is -2.02. The number of rotatable bonds is 5. The number of hydrogen-bond acceptors (Lipinski definition) is 1. The van der Waals surface area contributed by atoms with Gasteiger partial charge in [0.05, 0.1) is 0 Å². The van der Waals surface area contributed by atoms with Gasteiger partial charge in [-0.25, -0.2) is 0 Å². The highest BCUT2D eigenvalue weighted by Gasteiger charge is 2.03. The van der Waals surface area contributed by atoms with E-state index >= 15 is 0 Å². The van der Waals surface area contributed by atoms with E-state index in [4.69, 9.17) is 6.42 Å². The highest BCUT2D eigenvalue weighted by Crippen LogP contribution is 2.15. The fourth-order valence-corrected chi connectivity index (χ4v) is 1.84. The molecule has 0 aliphatic heterocycles. The van der Waals surface area contributed by atoms with Gasteiger partial charge < -0.3 is 5.11 Å². The standard InChI is InChI=1S/C17H17BrO/c1-2-3-4-5-6-10-13-17(19)16(18)14-15-11-8-7-9-12-15/h1,7-9,11-12,14,17,19H,3-6H2/b16-14-. The van der Waals surface area contributed by atoms with Crippen LogP contribution in [0.3, 0.4) is 0 Å². The Morgan fingerprint density at radius 2 is 1.95 bits per heavy atom. The highest BCUT2D eigenvalue weighted by molar-refractivity contribution is 9.11. The van der Waals surface area contributed by atoms with Crippen LogP contribution < -0.4 is 0 Å². The van der Waals surface area contributed by atoms with Crippen LogP contribution >= 0.6 is 15.9 Å². The van der Waals surface area contributed by atoms with Crippen LogP contribution in [0.15, 0.2) is 34.8 Å². The first-order valence-corrected chi connectivity index (χ1v) is 7.05. The quantitative estimate of drug-likeness (QED) is 0.643.